The highest BCUT2D eigenvalue weighted by molar-refractivity contribution is 9.10. The number of nitrogens with one attached hydrogen (secondary N) is 2. The SMILES string of the molecule is N#C/C(=C/NCCc1cccc(Br)c1)C(=O)Nc1ccccc1O. The summed E-state index contributed by atoms with van der Waals surface area (Å²) in [6.45, 7) is 0.589. The second-order valence-electron chi connectivity index (χ2n) is 4.98. The van der Waals surface area contributed by atoms with Gasteiger partial charge in [0, 0.05) is 17.2 Å². The van der Waals surface area contributed by atoms with Gasteiger partial charge in [-0.15, -0.1) is 0 Å². The van der Waals surface area contributed by atoms with E-state index in [0.717, 1.165) is 16.5 Å². The van der Waals surface area contributed by atoms with Crippen molar-refractivity contribution in [2.75, 3.05) is 11.9 Å². The number of phenolic OH excluding ortho intramolecular Hbond substituents is 1. The van der Waals surface area contributed by atoms with E-state index in [1.807, 2.05) is 30.3 Å². The molecule has 6 heteroatoms. The summed E-state index contributed by atoms with van der Waals surface area (Å²) < 4.78 is 1.01. The van der Waals surface area contributed by atoms with E-state index in [9.17, 15) is 9.90 Å². The molecule has 0 aliphatic heterocycles. The van der Waals surface area contributed by atoms with Gasteiger partial charge in [0.15, 0.2) is 0 Å². The molecule has 3 N–H and O–H groups in total. The van der Waals surface area contributed by atoms with Gasteiger partial charge >= 0.3 is 0 Å². The predicted molar refractivity (Wildman–Crippen MR) is 96.3 cm³/mol. The number of benzene rings is 2. The number of carbonyl (C=O) groups excluding carboxylic acids is 1. The first-order valence-electron chi connectivity index (χ1n) is 7.27. The first kappa shape index (κ1) is 17.6. The van der Waals surface area contributed by atoms with E-state index >= 15 is 0 Å². The summed E-state index contributed by atoms with van der Waals surface area (Å²) in [5, 5.41) is 24.2. The molecular formula is C18H16BrN3O2. The summed E-state index contributed by atoms with van der Waals surface area (Å²) in [7, 11) is 0. The smallest absolute Gasteiger partial charge is 0.267 e. The fourth-order valence-corrected chi connectivity index (χ4v) is 2.45. The lowest BCUT2D eigenvalue weighted by Gasteiger charge is -2.07. The van der Waals surface area contributed by atoms with Crippen LogP contribution in [0.2, 0.25) is 0 Å². The van der Waals surface area contributed by atoms with Crippen LogP contribution in [0.4, 0.5) is 5.69 Å². The summed E-state index contributed by atoms with van der Waals surface area (Å²) in [6, 6.07) is 16.1. The third-order valence-corrected chi connectivity index (χ3v) is 3.70. The Bertz CT molecular complexity index is 797. The van der Waals surface area contributed by atoms with Crippen LogP contribution in [0.3, 0.4) is 0 Å². The van der Waals surface area contributed by atoms with Gasteiger partial charge in [-0.2, -0.15) is 5.26 Å². The lowest BCUT2D eigenvalue weighted by atomic mass is 10.1. The molecule has 122 valence electrons. The third kappa shape index (κ3) is 5.14. The largest absolute Gasteiger partial charge is 0.506 e. The van der Waals surface area contributed by atoms with Gasteiger partial charge in [-0.3, -0.25) is 4.79 Å². The minimum absolute atomic E-state index is 0.0502. The maximum absolute atomic E-state index is 12.0. The van der Waals surface area contributed by atoms with Crippen molar-refractivity contribution in [3.8, 4) is 11.8 Å². The maximum Gasteiger partial charge on any atom is 0.267 e. The van der Waals surface area contributed by atoms with Crippen LogP contribution in [0.15, 0.2) is 64.8 Å². The molecule has 2 rings (SSSR count). The highest BCUT2D eigenvalue weighted by Crippen LogP contribution is 2.21. The van der Waals surface area contributed by atoms with E-state index in [4.69, 9.17) is 5.26 Å². The first-order valence-corrected chi connectivity index (χ1v) is 8.07. The second kappa shape index (κ2) is 8.75. The lowest BCUT2D eigenvalue weighted by molar-refractivity contribution is -0.112. The van der Waals surface area contributed by atoms with Crippen molar-refractivity contribution in [1.82, 2.24) is 5.32 Å². The van der Waals surface area contributed by atoms with Crippen molar-refractivity contribution in [2.45, 2.75) is 6.42 Å². The van der Waals surface area contributed by atoms with E-state index in [1.165, 1.54) is 12.3 Å². The molecule has 0 unspecified atom stereocenters. The molecule has 24 heavy (non-hydrogen) atoms. The number of amides is 1. The van der Waals surface area contributed by atoms with Gasteiger partial charge in [0.1, 0.15) is 17.4 Å². The minimum atomic E-state index is -0.575. The van der Waals surface area contributed by atoms with E-state index in [1.54, 1.807) is 18.2 Å². The number of aromatic hydroxyl groups is 1. The highest BCUT2D eigenvalue weighted by Gasteiger charge is 2.10. The zero-order valence-corrected chi connectivity index (χ0v) is 14.4. The number of nitriles is 1. The Morgan fingerprint density at radius 1 is 1.25 bits per heavy atom. The summed E-state index contributed by atoms with van der Waals surface area (Å²) in [5.74, 6) is -0.625. The molecular weight excluding hydrogens is 370 g/mol. The Morgan fingerprint density at radius 3 is 2.75 bits per heavy atom. The van der Waals surface area contributed by atoms with Gasteiger partial charge in [0.05, 0.1) is 5.69 Å². The fraction of sp³-hybridized carbons (Fsp3) is 0.111. The van der Waals surface area contributed by atoms with Gasteiger partial charge in [-0.05, 0) is 36.2 Å². The van der Waals surface area contributed by atoms with E-state index in [2.05, 4.69) is 26.6 Å². The first-order chi connectivity index (χ1) is 11.6. The molecule has 5 nitrogen and oxygen atoms in total. The number of anilines is 1. The van der Waals surface area contributed by atoms with Crippen LogP contribution in [0, 0.1) is 11.3 Å². The van der Waals surface area contributed by atoms with Crippen molar-refractivity contribution in [2.24, 2.45) is 0 Å². The molecule has 0 saturated heterocycles. The van der Waals surface area contributed by atoms with Gasteiger partial charge in [0.2, 0.25) is 0 Å². The maximum atomic E-state index is 12.0. The van der Waals surface area contributed by atoms with E-state index < -0.39 is 5.91 Å². The van der Waals surface area contributed by atoms with Crippen molar-refractivity contribution < 1.29 is 9.90 Å². The Labute approximate surface area is 148 Å². The molecule has 0 radical (unpaired) electrons. The number of para-hydroxylation sites is 2. The lowest BCUT2D eigenvalue weighted by Crippen LogP contribution is -2.18. The molecule has 0 heterocycles. The molecule has 2 aromatic rings. The monoisotopic (exact) mass is 385 g/mol. The molecule has 0 spiro atoms. The molecule has 0 bridgehead atoms. The van der Waals surface area contributed by atoms with Crippen LogP contribution in [-0.4, -0.2) is 17.6 Å². The van der Waals surface area contributed by atoms with Gasteiger partial charge in [0.25, 0.3) is 5.91 Å². The number of phenols is 1. The topological polar surface area (TPSA) is 85.2 Å². The molecule has 0 fully saturated rings. The van der Waals surface area contributed by atoms with Crippen LogP contribution in [-0.2, 0) is 11.2 Å². The summed E-state index contributed by atoms with van der Waals surface area (Å²) >= 11 is 3.41. The number of rotatable bonds is 6. The van der Waals surface area contributed by atoms with Crippen LogP contribution in [0.5, 0.6) is 5.75 Å². The van der Waals surface area contributed by atoms with Crippen molar-refractivity contribution in [3.63, 3.8) is 0 Å². The number of hydrogen-bond donors (Lipinski definition) is 3. The Morgan fingerprint density at radius 2 is 2.04 bits per heavy atom. The van der Waals surface area contributed by atoms with Crippen LogP contribution in [0.1, 0.15) is 5.56 Å². The van der Waals surface area contributed by atoms with Crippen molar-refractivity contribution in [3.05, 3.63) is 70.3 Å². The Kier molecular flexibility index (Phi) is 6.41. The third-order valence-electron chi connectivity index (χ3n) is 3.21. The predicted octanol–water partition coefficient (Wildman–Crippen LogP) is 3.33. The van der Waals surface area contributed by atoms with E-state index in [0.29, 0.717) is 6.54 Å². The second-order valence-corrected chi connectivity index (χ2v) is 5.89. The summed E-state index contributed by atoms with van der Waals surface area (Å²) in [4.78, 5) is 12.0. The molecule has 0 atom stereocenters. The molecule has 0 aliphatic carbocycles. The zero-order valence-electron chi connectivity index (χ0n) is 12.8. The average Bonchev–Trinajstić information content (AvgIpc) is 2.57. The normalized spacial score (nSPS) is 10.8. The van der Waals surface area contributed by atoms with Crippen LogP contribution >= 0.6 is 15.9 Å². The molecule has 0 aromatic heterocycles. The molecule has 0 saturated carbocycles. The zero-order chi connectivity index (χ0) is 17.4. The average molecular weight is 386 g/mol. The number of hydrogen-bond acceptors (Lipinski definition) is 4. The number of halogens is 1. The van der Waals surface area contributed by atoms with Crippen LogP contribution in [0.25, 0.3) is 0 Å². The van der Waals surface area contributed by atoms with Crippen molar-refractivity contribution >= 4 is 27.5 Å². The van der Waals surface area contributed by atoms with E-state index in [-0.39, 0.29) is 17.0 Å². The fourth-order valence-electron chi connectivity index (χ4n) is 2.00. The summed E-state index contributed by atoms with van der Waals surface area (Å²) in [6.07, 6.45) is 2.14. The number of nitrogens with zero attached hydrogens (tertiary/aromatic N) is 1. The van der Waals surface area contributed by atoms with Gasteiger partial charge in [-0.1, -0.05) is 40.2 Å². The number of carbonyl (C=O) groups is 1. The standard InChI is InChI=1S/C18H16BrN3O2/c19-15-5-3-4-13(10-15)8-9-21-12-14(11-20)18(24)22-16-6-1-2-7-17(16)23/h1-7,10,12,21,23H,8-9H2,(H,22,24)/b14-12-. The quantitative estimate of drug-likeness (QED) is 0.308. The van der Waals surface area contributed by atoms with Crippen LogP contribution < -0.4 is 10.6 Å². The Hall–Kier alpha value is -2.78. The molecule has 2 aromatic carbocycles. The minimum Gasteiger partial charge on any atom is -0.506 e. The Balaban J connectivity index is 1.90. The molecule has 0 aliphatic rings. The van der Waals surface area contributed by atoms with Crippen molar-refractivity contribution in [1.29, 1.82) is 5.26 Å². The molecule has 1 amide bonds. The summed E-state index contributed by atoms with van der Waals surface area (Å²) in [5.41, 5.74) is 1.34. The van der Waals surface area contributed by atoms with Gasteiger partial charge < -0.3 is 15.7 Å². The van der Waals surface area contributed by atoms with Gasteiger partial charge in [-0.25, -0.2) is 0 Å². The highest BCUT2D eigenvalue weighted by atomic mass is 79.9.